The van der Waals surface area contributed by atoms with Gasteiger partial charge in [0, 0.05) is 39.3 Å². The predicted octanol–water partition coefficient (Wildman–Crippen LogP) is 2.37. The second kappa shape index (κ2) is 8.22. The van der Waals surface area contributed by atoms with Crippen LogP contribution in [0.2, 0.25) is 0 Å². The second-order valence-corrected chi connectivity index (χ2v) is 7.82. The number of carbonyl (C=O) groups excluding carboxylic acids is 1. The van der Waals surface area contributed by atoms with Crippen molar-refractivity contribution in [3.05, 3.63) is 48.3 Å². The van der Waals surface area contributed by atoms with Crippen LogP contribution in [0.4, 0.5) is 11.6 Å². The average molecular weight is 403 g/mol. The lowest BCUT2D eigenvalue weighted by atomic mass is 10.1. The second-order valence-electron chi connectivity index (χ2n) is 7.82. The Hall–Kier alpha value is -3.29. The molecule has 2 aliphatic rings. The number of fused-ring (bicyclic) bond motifs is 1. The fraction of sp³-hybridized carbons (Fsp3) is 0.409. The Labute approximate surface area is 175 Å². The summed E-state index contributed by atoms with van der Waals surface area (Å²) in [7, 11) is 0. The van der Waals surface area contributed by atoms with Gasteiger partial charge in [0.15, 0.2) is 11.6 Å². The van der Waals surface area contributed by atoms with Crippen LogP contribution in [0.25, 0.3) is 11.0 Å². The van der Waals surface area contributed by atoms with Gasteiger partial charge in [0.2, 0.25) is 0 Å². The molecule has 0 atom stereocenters. The number of rotatable bonds is 3. The van der Waals surface area contributed by atoms with Crippen molar-refractivity contribution in [1.29, 1.82) is 0 Å². The molecule has 2 saturated heterocycles. The minimum atomic E-state index is -0.0700. The lowest BCUT2D eigenvalue weighted by Crippen LogP contribution is -2.49. The number of hydrogen-bond donors (Lipinski definition) is 0. The highest BCUT2D eigenvalue weighted by Gasteiger charge is 2.24. The van der Waals surface area contributed by atoms with Gasteiger partial charge >= 0.3 is 0 Å². The van der Waals surface area contributed by atoms with E-state index in [0.29, 0.717) is 18.8 Å². The lowest BCUT2D eigenvalue weighted by molar-refractivity contribution is 0.0740. The first kappa shape index (κ1) is 18.7. The van der Waals surface area contributed by atoms with Gasteiger partial charge in [-0.1, -0.05) is 12.1 Å². The molecule has 1 amide bonds. The van der Waals surface area contributed by atoms with Crippen LogP contribution in [0.15, 0.2) is 42.6 Å². The zero-order valence-electron chi connectivity index (χ0n) is 16.9. The van der Waals surface area contributed by atoms with E-state index in [1.54, 1.807) is 6.20 Å². The molecule has 3 aromatic rings. The molecule has 0 N–H and O–H groups in total. The standard InChI is InChI=1S/C22H25N7O/c30-22(19-16-23-17-6-2-3-7-18(17)24-19)29-14-12-28(13-15-29)21-9-8-20(25-26-21)27-10-4-1-5-11-27/h2-3,6-9,16H,1,4-5,10-15H2. The van der Waals surface area contributed by atoms with Gasteiger partial charge in [0.1, 0.15) is 5.69 Å². The first-order valence-electron chi connectivity index (χ1n) is 10.6. The van der Waals surface area contributed by atoms with E-state index >= 15 is 0 Å². The number of anilines is 2. The summed E-state index contributed by atoms with van der Waals surface area (Å²) in [6.45, 7) is 4.83. The molecule has 2 aromatic heterocycles. The summed E-state index contributed by atoms with van der Waals surface area (Å²) in [5.74, 6) is 1.76. The number of carbonyl (C=O) groups is 1. The van der Waals surface area contributed by atoms with Crippen molar-refractivity contribution in [1.82, 2.24) is 25.1 Å². The maximum Gasteiger partial charge on any atom is 0.274 e. The molecule has 0 spiro atoms. The smallest absolute Gasteiger partial charge is 0.274 e. The molecule has 1 aromatic carbocycles. The average Bonchev–Trinajstić information content (AvgIpc) is 2.84. The molecule has 0 bridgehead atoms. The minimum Gasteiger partial charge on any atom is -0.355 e. The predicted molar refractivity (Wildman–Crippen MR) is 116 cm³/mol. The highest BCUT2D eigenvalue weighted by Crippen LogP contribution is 2.20. The van der Waals surface area contributed by atoms with E-state index in [-0.39, 0.29) is 5.91 Å². The zero-order chi connectivity index (χ0) is 20.3. The van der Waals surface area contributed by atoms with Gasteiger partial charge in [-0.2, -0.15) is 0 Å². The van der Waals surface area contributed by atoms with Gasteiger partial charge < -0.3 is 14.7 Å². The van der Waals surface area contributed by atoms with Gasteiger partial charge in [-0.3, -0.25) is 9.78 Å². The Morgan fingerprint density at radius 1 is 0.733 bits per heavy atom. The first-order chi connectivity index (χ1) is 14.8. The van der Waals surface area contributed by atoms with Crippen molar-refractivity contribution < 1.29 is 4.79 Å². The van der Waals surface area contributed by atoms with E-state index in [4.69, 9.17) is 0 Å². The third kappa shape index (κ3) is 3.77. The number of hydrogen-bond acceptors (Lipinski definition) is 7. The van der Waals surface area contributed by atoms with E-state index in [1.807, 2.05) is 35.2 Å². The van der Waals surface area contributed by atoms with Crippen LogP contribution in [-0.2, 0) is 0 Å². The van der Waals surface area contributed by atoms with Crippen LogP contribution >= 0.6 is 0 Å². The van der Waals surface area contributed by atoms with Crippen LogP contribution in [0.3, 0.4) is 0 Å². The van der Waals surface area contributed by atoms with Crippen LogP contribution in [0, 0.1) is 0 Å². The van der Waals surface area contributed by atoms with Crippen molar-refractivity contribution >= 4 is 28.6 Å². The van der Waals surface area contributed by atoms with E-state index in [1.165, 1.54) is 19.3 Å². The van der Waals surface area contributed by atoms with Crippen molar-refractivity contribution in [3.8, 4) is 0 Å². The van der Waals surface area contributed by atoms with E-state index in [2.05, 4.69) is 36.0 Å². The molecule has 2 fully saturated rings. The molecule has 4 heterocycles. The highest BCUT2D eigenvalue weighted by atomic mass is 16.2. The Bertz CT molecular complexity index is 1030. The van der Waals surface area contributed by atoms with Crippen LogP contribution in [0.5, 0.6) is 0 Å². The van der Waals surface area contributed by atoms with Crippen molar-refractivity contribution in [2.24, 2.45) is 0 Å². The number of aromatic nitrogens is 4. The third-order valence-electron chi connectivity index (χ3n) is 5.87. The summed E-state index contributed by atoms with van der Waals surface area (Å²) in [5.41, 5.74) is 1.93. The number of amides is 1. The molecule has 8 heteroatoms. The van der Waals surface area contributed by atoms with Crippen LogP contribution in [0.1, 0.15) is 29.8 Å². The number of nitrogens with zero attached hydrogens (tertiary/aromatic N) is 7. The maximum absolute atomic E-state index is 12.9. The van der Waals surface area contributed by atoms with Gasteiger partial charge in [-0.05, 0) is 43.5 Å². The quantitative estimate of drug-likeness (QED) is 0.664. The van der Waals surface area contributed by atoms with E-state index in [9.17, 15) is 4.79 Å². The molecule has 0 aliphatic carbocycles. The Morgan fingerprint density at radius 2 is 1.37 bits per heavy atom. The summed E-state index contributed by atoms with van der Waals surface area (Å²) in [4.78, 5) is 28.1. The fourth-order valence-electron chi connectivity index (χ4n) is 4.14. The summed E-state index contributed by atoms with van der Waals surface area (Å²) in [6.07, 6.45) is 5.32. The zero-order valence-corrected chi connectivity index (χ0v) is 16.9. The number of para-hydroxylation sites is 2. The molecule has 2 aliphatic heterocycles. The first-order valence-corrected chi connectivity index (χ1v) is 10.6. The van der Waals surface area contributed by atoms with Gasteiger partial charge in [0.25, 0.3) is 5.91 Å². The topological polar surface area (TPSA) is 78.4 Å². The van der Waals surface area contributed by atoms with Gasteiger partial charge in [-0.15, -0.1) is 10.2 Å². The molecular weight excluding hydrogens is 378 g/mol. The fourth-order valence-corrected chi connectivity index (χ4v) is 4.14. The van der Waals surface area contributed by atoms with Crippen molar-refractivity contribution in [3.63, 3.8) is 0 Å². The van der Waals surface area contributed by atoms with Crippen molar-refractivity contribution in [2.75, 3.05) is 49.1 Å². The SMILES string of the molecule is O=C(c1cnc2ccccc2n1)N1CCN(c2ccc(N3CCCCC3)nn2)CC1. The normalized spacial score (nSPS) is 17.4. The molecule has 30 heavy (non-hydrogen) atoms. The lowest BCUT2D eigenvalue weighted by Gasteiger charge is -2.35. The molecule has 0 radical (unpaired) electrons. The molecule has 5 rings (SSSR count). The van der Waals surface area contributed by atoms with Crippen molar-refractivity contribution in [2.45, 2.75) is 19.3 Å². The Balaban J connectivity index is 1.21. The van der Waals surface area contributed by atoms with Crippen LogP contribution < -0.4 is 9.80 Å². The Kier molecular flexibility index (Phi) is 5.13. The van der Waals surface area contributed by atoms with Gasteiger partial charge in [-0.25, -0.2) is 4.98 Å². The highest BCUT2D eigenvalue weighted by molar-refractivity contribution is 5.94. The third-order valence-corrected chi connectivity index (χ3v) is 5.87. The largest absolute Gasteiger partial charge is 0.355 e. The number of benzene rings is 1. The maximum atomic E-state index is 12.9. The summed E-state index contributed by atoms with van der Waals surface area (Å²) in [5, 5.41) is 8.89. The molecule has 154 valence electrons. The Morgan fingerprint density at radius 3 is 2.03 bits per heavy atom. The summed E-state index contributed by atoms with van der Waals surface area (Å²) in [6, 6.07) is 11.7. The molecule has 8 nitrogen and oxygen atoms in total. The van der Waals surface area contributed by atoms with Gasteiger partial charge in [0.05, 0.1) is 17.2 Å². The number of piperazine rings is 1. The summed E-state index contributed by atoms with van der Waals surface area (Å²) < 4.78 is 0. The monoisotopic (exact) mass is 403 g/mol. The molecular formula is C22H25N7O. The number of piperidine rings is 1. The van der Waals surface area contributed by atoms with E-state index in [0.717, 1.165) is 48.8 Å². The molecule has 0 unspecified atom stereocenters. The van der Waals surface area contributed by atoms with Crippen LogP contribution in [-0.4, -0.2) is 70.2 Å². The molecule has 0 saturated carbocycles. The minimum absolute atomic E-state index is 0.0700. The van der Waals surface area contributed by atoms with E-state index < -0.39 is 0 Å². The summed E-state index contributed by atoms with van der Waals surface area (Å²) >= 11 is 0.